The lowest BCUT2D eigenvalue weighted by Crippen LogP contribution is -2.31. The Hall–Kier alpha value is -1.06. The zero-order valence-corrected chi connectivity index (χ0v) is 39.8. The fraction of sp³-hybridized carbons (Fsp3) is 0.962. The van der Waals surface area contributed by atoms with Crippen LogP contribution in [0, 0.1) is 11.8 Å². The Labute approximate surface area is 359 Å². The topological polar surface area (TPSA) is 58.2 Å². The molecule has 2 N–H and O–H groups in total. The number of hydrogen-bond acceptors (Lipinski definition) is 2. The number of carbonyl (C=O) groups is 2. The third-order valence-corrected chi connectivity index (χ3v) is 12.8. The van der Waals surface area contributed by atoms with Crippen molar-refractivity contribution in [2.75, 3.05) is 13.1 Å². The second-order valence-corrected chi connectivity index (χ2v) is 18.5. The molecule has 57 heavy (non-hydrogen) atoms. The van der Waals surface area contributed by atoms with Crippen LogP contribution in [-0.2, 0) is 9.59 Å². The highest BCUT2D eigenvalue weighted by Crippen LogP contribution is 2.22. The molecule has 0 aliphatic rings. The summed E-state index contributed by atoms with van der Waals surface area (Å²) in [7, 11) is 0. The minimum Gasteiger partial charge on any atom is -0.356 e. The lowest BCUT2D eigenvalue weighted by Gasteiger charge is -2.17. The molecule has 340 valence electrons. The Morgan fingerprint density at radius 3 is 0.649 bits per heavy atom. The molecule has 0 radical (unpaired) electrons. The fourth-order valence-electron chi connectivity index (χ4n) is 8.76. The van der Waals surface area contributed by atoms with Gasteiger partial charge in [0.05, 0.1) is 0 Å². The standard InChI is InChI=1S/C53H106N2O2/c1-5-9-13-17-21-26-32-38-44-50(45-39-33-27-22-18-14-10-6-2)52(56)54-48-42-36-30-25-31-37-43-49-55-53(57)51(46-40-34-28-23-19-15-11-7-3)47-41-35-29-24-20-16-12-8-4/h50-51H,5-49H2,1-4H3,(H,54,56)(H,55,57). The van der Waals surface area contributed by atoms with Crippen LogP contribution in [0.15, 0.2) is 0 Å². The molecule has 0 atom stereocenters. The summed E-state index contributed by atoms with van der Waals surface area (Å²) >= 11 is 0. The van der Waals surface area contributed by atoms with Crippen molar-refractivity contribution in [2.45, 2.75) is 304 Å². The van der Waals surface area contributed by atoms with E-state index in [9.17, 15) is 9.59 Å². The molecule has 0 aromatic heterocycles. The van der Waals surface area contributed by atoms with Gasteiger partial charge in [-0.25, -0.2) is 0 Å². The third kappa shape index (κ3) is 41.5. The first kappa shape index (κ1) is 55.9. The van der Waals surface area contributed by atoms with Gasteiger partial charge in [-0.3, -0.25) is 9.59 Å². The number of unbranched alkanes of at least 4 members (excludes halogenated alkanes) is 34. The second kappa shape index (κ2) is 47.6. The highest BCUT2D eigenvalue weighted by atomic mass is 16.2. The number of nitrogens with one attached hydrogen (secondary N) is 2. The molecule has 0 saturated heterocycles. The zero-order valence-electron chi connectivity index (χ0n) is 39.8. The second-order valence-electron chi connectivity index (χ2n) is 18.5. The molecular formula is C53H106N2O2. The lowest BCUT2D eigenvalue weighted by molar-refractivity contribution is -0.126. The fourth-order valence-corrected chi connectivity index (χ4v) is 8.76. The Balaban J connectivity index is 4.28. The van der Waals surface area contributed by atoms with E-state index in [0.717, 1.165) is 51.6 Å². The summed E-state index contributed by atoms with van der Waals surface area (Å²) in [5.74, 6) is 1.11. The van der Waals surface area contributed by atoms with Crippen LogP contribution in [0.1, 0.15) is 304 Å². The van der Waals surface area contributed by atoms with Gasteiger partial charge in [-0.05, 0) is 38.5 Å². The van der Waals surface area contributed by atoms with Gasteiger partial charge in [0, 0.05) is 24.9 Å². The Morgan fingerprint density at radius 2 is 0.439 bits per heavy atom. The molecule has 0 aliphatic heterocycles. The summed E-state index contributed by atoms with van der Waals surface area (Å²) in [6, 6.07) is 0. The Morgan fingerprint density at radius 1 is 0.263 bits per heavy atom. The summed E-state index contributed by atoms with van der Waals surface area (Å²) in [6.45, 7) is 10.8. The van der Waals surface area contributed by atoms with E-state index in [0.29, 0.717) is 11.8 Å². The first-order valence-corrected chi connectivity index (χ1v) is 26.7. The van der Waals surface area contributed by atoms with Gasteiger partial charge in [0.2, 0.25) is 11.8 Å². The highest BCUT2D eigenvalue weighted by molar-refractivity contribution is 5.78. The van der Waals surface area contributed by atoms with Crippen molar-refractivity contribution in [2.24, 2.45) is 11.8 Å². The SMILES string of the molecule is CCCCCCCCCCC(CCCCCCCCCC)C(=O)NCCCCCCCCCNC(=O)C(CCCCCCCCCC)CCCCCCCCCC. The van der Waals surface area contributed by atoms with Crippen molar-refractivity contribution in [3.05, 3.63) is 0 Å². The molecule has 0 saturated carbocycles. The lowest BCUT2D eigenvalue weighted by atomic mass is 9.93. The summed E-state index contributed by atoms with van der Waals surface area (Å²) in [5.41, 5.74) is 0. The van der Waals surface area contributed by atoms with Gasteiger partial charge in [0.1, 0.15) is 0 Å². The molecule has 0 heterocycles. The molecule has 4 heteroatoms. The van der Waals surface area contributed by atoms with E-state index in [1.165, 1.54) is 238 Å². The maximum atomic E-state index is 13.2. The normalized spacial score (nSPS) is 11.6. The summed E-state index contributed by atoms with van der Waals surface area (Å²) in [6.07, 6.45) is 55.4. The van der Waals surface area contributed by atoms with E-state index in [1.807, 2.05) is 0 Å². The largest absolute Gasteiger partial charge is 0.356 e. The van der Waals surface area contributed by atoms with Crippen LogP contribution >= 0.6 is 0 Å². The van der Waals surface area contributed by atoms with Gasteiger partial charge in [-0.15, -0.1) is 0 Å². The average molecular weight is 803 g/mol. The minimum atomic E-state index is 0.219. The molecule has 0 unspecified atom stereocenters. The number of carbonyl (C=O) groups excluding carboxylic acids is 2. The molecule has 2 amide bonds. The van der Waals surface area contributed by atoms with Crippen molar-refractivity contribution in [1.29, 1.82) is 0 Å². The van der Waals surface area contributed by atoms with Gasteiger partial charge >= 0.3 is 0 Å². The molecule has 4 nitrogen and oxygen atoms in total. The third-order valence-electron chi connectivity index (χ3n) is 12.8. The van der Waals surface area contributed by atoms with E-state index in [1.54, 1.807) is 0 Å². The molecule has 0 aromatic rings. The van der Waals surface area contributed by atoms with Gasteiger partial charge in [0.25, 0.3) is 0 Å². The van der Waals surface area contributed by atoms with Gasteiger partial charge in [-0.1, -0.05) is 265 Å². The van der Waals surface area contributed by atoms with Gasteiger partial charge in [0.15, 0.2) is 0 Å². The molecule has 0 rings (SSSR count). The van der Waals surface area contributed by atoms with Crippen LogP contribution in [0.3, 0.4) is 0 Å². The molecule has 0 spiro atoms. The predicted molar refractivity (Wildman–Crippen MR) is 254 cm³/mol. The molecule has 0 aliphatic carbocycles. The van der Waals surface area contributed by atoms with Crippen LogP contribution < -0.4 is 10.6 Å². The highest BCUT2D eigenvalue weighted by Gasteiger charge is 2.18. The van der Waals surface area contributed by atoms with E-state index in [2.05, 4.69) is 38.3 Å². The van der Waals surface area contributed by atoms with Crippen molar-refractivity contribution in [3.63, 3.8) is 0 Å². The predicted octanol–water partition coefficient (Wildman–Crippen LogP) is 17.3. The monoisotopic (exact) mass is 803 g/mol. The quantitative estimate of drug-likeness (QED) is 0.0602. The Bertz CT molecular complexity index is 696. The summed E-state index contributed by atoms with van der Waals surface area (Å²) in [5, 5.41) is 6.70. The average Bonchev–Trinajstić information content (AvgIpc) is 3.21. The van der Waals surface area contributed by atoms with E-state index in [4.69, 9.17) is 0 Å². The maximum absolute atomic E-state index is 13.2. The first-order valence-electron chi connectivity index (χ1n) is 26.7. The summed E-state index contributed by atoms with van der Waals surface area (Å²) < 4.78 is 0. The number of rotatable bonds is 48. The van der Waals surface area contributed by atoms with E-state index in [-0.39, 0.29) is 11.8 Å². The molecule has 0 fully saturated rings. The van der Waals surface area contributed by atoms with Crippen molar-refractivity contribution in [3.8, 4) is 0 Å². The van der Waals surface area contributed by atoms with Crippen LogP contribution in [-0.4, -0.2) is 24.9 Å². The molecule has 0 bridgehead atoms. The molecular weight excluding hydrogens is 697 g/mol. The zero-order chi connectivity index (χ0) is 41.5. The van der Waals surface area contributed by atoms with Crippen molar-refractivity contribution >= 4 is 11.8 Å². The van der Waals surface area contributed by atoms with Crippen molar-refractivity contribution in [1.82, 2.24) is 10.6 Å². The van der Waals surface area contributed by atoms with Crippen LogP contribution in [0.4, 0.5) is 0 Å². The van der Waals surface area contributed by atoms with E-state index >= 15 is 0 Å². The number of amides is 2. The molecule has 0 aromatic carbocycles. The minimum absolute atomic E-state index is 0.219. The smallest absolute Gasteiger partial charge is 0.223 e. The van der Waals surface area contributed by atoms with E-state index < -0.39 is 0 Å². The van der Waals surface area contributed by atoms with Gasteiger partial charge < -0.3 is 10.6 Å². The van der Waals surface area contributed by atoms with Crippen LogP contribution in [0.2, 0.25) is 0 Å². The van der Waals surface area contributed by atoms with Crippen LogP contribution in [0.25, 0.3) is 0 Å². The van der Waals surface area contributed by atoms with Gasteiger partial charge in [-0.2, -0.15) is 0 Å². The Kier molecular flexibility index (Phi) is 46.7. The summed E-state index contributed by atoms with van der Waals surface area (Å²) in [4.78, 5) is 26.5. The maximum Gasteiger partial charge on any atom is 0.223 e. The number of hydrogen-bond donors (Lipinski definition) is 2. The van der Waals surface area contributed by atoms with Crippen LogP contribution in [0.5, 0.6) is 0 Å². The van der Waals surface area contributed by atoms with Crippen molar-refractivity contribution < 1.29 is 9.59 Å². The first-order chi connectivity index (χ1) is 28.1.